The van der Waals surface area contributed by atoms with Crippen molar-refractivity contribution in [1.82, 2.24) is 9.78 Å². The van der Waals surface area contributed by atoms with E-state index in [0.29, 0.717) is 0 Å². The van der Waals surface area contributed by atoms with Crippen LogP contribution in [0.4, 0.5) is 13.2 Å². The molecule has 0 aliphatic carbocycles. The van der Waals surface area contributed by atoms with Crippen molar-refractivity contribution in [1.29, 1.82) is 0 Å². The number of para-hydroxylation sites is 1. The van der Waals surface area contributed by atoms with Crippen molar-refractivity contribution in [2.45, 2.75) is 52.8 Å². The number of rotatable bonds is 5. The maximum atomic E-state index is 12.4. The second kappa shape index (κ2) is 8.02. The van der Waals surface area contributed by atoms with Crippen LogP contribution in [0, 0.1) is 5.41 Å². The van der Waals surface area contributed by atoms with E-state index in [-0.39, 0.29) is 12.0 Å². The lowest BCUT2D eigenvalue weighted by molar-refractivity contribution is -0.193. The second-order valence-electron chi connectivity index (χ2n) is 9.43. The Morgan fingerprint density at radius 3 is 2.16 bits per heavy atom. The number of hydrogen-bond donors (Lipinski definition) is 0. The van der Waals surface area contributed by atoms with E-state index in [4.69, 9.17) is 5.10 Å². The van der Waals surface area contributed by atoms with Crippen molar-refractivity contribution in [2.75, 3.05) is 6.61 Å². The number of nitrogens with zero attached hydrogens (tertiary/aromatic N) is 2. The highest BCUT2D eigenvalue weighted by atomic mass is 19.4. The monoisotopic (exact) mass is 432 g/mol. The van der Waals surface area contributed by atoms with Gasteiger partial charge in [0.15, 0.2) is 6.61 Å². The van der Waals surface area contributed by atoms with E-state index in [2.05, 4.69) is 37.6 Å². The highest BCUT2D eigenvalue weighted by Crippen LogP contribution is 2.32. The van der Waals surface area contributed by atoms with Crippen LogP contribution in [-0.2, 0) is 21.5 Å². The van der Waals surface area contributed by atoms with Crippen molar-refractivity contribution in [3.8, 4) is 11.3 Å². The summed E-state index contributed by atoms with van der Waals surface area (Å²) in [6.45, 7) is 8.04. The Balaban J connectivity index is 1.94. The van der Waals surface area contributed by atoms with Crippen LogP contribution in [0.15, 0.2) is 48.5 Å². The lowest BCUT2D eigenvalue weighted by Crippen LogP contribution is -2.34. The first-order valence-corrected chi connectivity index (χ1v) is 10.1. The molecule has 0 saturated heterocycles. The Morgan fingerprint density at radius 2 is 1.58 bits per heavy atom. The minimum atomic E-state index is -4.56. The lowest BCUT2D eigenvalue weighted by Gasteiger charge is -2.23. The number of carbonyl (C=O) groups excluding carboxylic acids is 1. The molecule has 166 valence electrons. The van der Waals surface area contributed by atoms with Crippen molar-refractivity contribution in [3.63, 3.8) is 0 Å². The fourth-order valence-corrected chi connectivity index (χ4v) is 3.37. The molecule has 0 saturated carbocycles. The average Bonchev–Trinajstić information content (AvgIpc) is 3.03. The molecule has 4 nitrogen and oxygen atoms in total. The van der Waals surface area contributed by atoms with E-state index in [0.717, 1.165) is 22.2 Å². The number of alkyl halides is 3. The van der Waals surface area contributed by atoms with Gasteiger partial charge >= 0.3 is 12.1 Å². The van der Waals surface area contributed by atoms with Gasteiger partial charge in [-0.25, -0.2) is 0 Å². The molecule has 31 heavy (non-hydrogen) atoms. The summed E-state index contributed by atoms with van der Waals surface area (Å²) in [4.78, 5) is 12.3. The van der Waals surface area contributed by atoms with Crippen LogP contribution in [0.1, 0.15) is 40.2 Å². The number of benzene rings is 2. The maximum Gasteiger partial charge on any atom is 0.422 e. The van der Waals surface area contributed by atoms with Gasteiger partial charge in [-0.1, -0.05) is 63.2 Å². The summed E-state index contributed by atoms with van der Waals surface area (Å²) in [5, 5.41) is 5.62. The molecular weight excluding hydrogens is 405 g/mol. The Kier molecular flexibility index (Phi) is 5.91. The number of halogens is 3. The molecule has 2 aromatic carbocycles. The van der Waals surface area contributed by atoms with Crippen LogP contribution in [0.3, 0.4) is 0 Å². The smallest absolute Gasteiger partial charge is 0.422 e. The molecule has 3 aromatic rings. The first-order chi connectivity index (χ1) is 14.3. The first-order valence-electron chi connectivity index (χ1n) is 10.1. The molecule has 0 amide bonds. The largest absolute Gasteiger partial charge is 0.456 e. The van der Waals surface area contributed by atoms with Crippen LogP contribution in [0.2, 0.25) is 0 Å². The first kappa shape index (κ1) is 22.8. The number of aromatic nitrogens is 2. The fraction of sp³-hybridized carbons (Fsp3) is 0.417. The highest BCUT2D eigenvalue weighted by Gasteiger charge is 2.36. The van der Waals surface area contributed by atoms with Gasteiger partial charge in [-0.15, -0.1) is 0 Å². The molecule has 1 heterocycles. The summed E-state index contributed by atoms with van der Waals surface area (Å²) in [7, 11) is 0. The molecule has 0 N–H and O–H groups in total. The van der Waals surface area contributed by atoms with E-state index >= 15 is 0 Å². The lowest BCUT2D eigenvalue weighted by atomic mass is 9.86. The van der Waals surface area contributed by atoms with Gasteiger partial charge in [-0.2, -0.15) is 18.3 Å². The summed E-state index contributed by atoms with van der Waals surface area (Å²) in [6.07, 6.45) is -4.56. The van der Waals surface area contributed by atoms with Gasteiger partial charge in [0.05, 0.1) is 17.5 Å². The molecule has 0 atom stereocenters. The normalized spacial score (nSPS) is 12.9. The van der Waals surface area contributed by atoms with Gasteiger partial charge in [0.1, 0.15) is 5.69 Å². The third kappa shape index (κ3) is 5.27. The Hall–Kier alpha value is -2.83. The van der Waals surface area contributed by atoms with Crippen LogP contribution in [0.25, 0.3) is 22.2 Å². The second-order valence-corrected chi connectivity index (χ2v) is 9.43. The molecule has 7 heteroatoms. The minimum Gasteiger partial charge on any atom is -0.456 e. The zero-order chi connectivity index (χ0) is 23.0. The van der Waals surface area contributed by atoms with Crippen LogP contribution >= 0.6 is 0 Å². The highest BCUT2D eigenvalue weighted by molar-refractivity contribution is 5.93. The molecule has 0 aliphatic rings. The van der Waals surface area contributed by atoms with Gasteiger partial charge in [0.2, 0.25) is 0 Å². The number of ether oxygens (including phenoxy) is 1. The number of carbonyl (C=O) groups is 1. The van der Waals surface area contributed by atoms with Crippen LogP contribution < -0.4 is 0 Å². The summed E-state index contributed by atoms with van der Waals surface area (Å²) in [5.41, 5.74) is 2.53. The molecule has 0 unspecified atom stereocenters. The van der Waals surface area contributed by atoms with E-state index in [1.54, 1.807) is 18.5 Å². The van der Waals surface area contributed by atoms with E-state index < -0.39 is 24.2 Å². The fourth-order valence-electron chi connectivity index (χ4n) is 3.37. The van der Waals surface area contributed by atoms with Crippen molar-refractivity contribution >= 4 is 16.9 Å². The third-order valence-corrected chi connectivity index (χ3v) is 5.15. The molecule has 0 aliphatic heterocycles. The Labute approximate surface area is 180 Å². The van der Waals surface area contributed by atoms with Crippen molar-refractivity contribution < 1.29 is 22.7 Å². The standard InChI is InChI=1S/C24H27F3N2O2/c1-22(2,3)17-12-10-16(11-13-17)20-18-8-6-7-9-19(18)29(28-20)14-23(4,5)21(30)31-15-24(25,26)27/h6-13H,14-15H2,1-5H3. The van der Waals surface area contributed by atoms with Crippen molar-refractivity contribution in [2.24, 2.45) is 5.41 Å². The topological polar surface area (TPSA) is 44.1 Å². The van der Waals surface area contributed by atoms with Gasteiger partial charge in [0, 0.05) is 10.9 Å². The van der Waals surface area contributed by atoms with E-state index in [9.17, 15) is 18.0 Å². The molecule has 0 radical (unpaired) electrons. The average molecular weight is 432 g/mol. The van der Waals surface area contributed by atoms with Crippen molar-refractivity contribution in [3.05, 3.63) is 54.1 Å². The Bertz CT molecular complexity index is 1070. The zero-order valence-corrected chi connectivity index (χ0v) is 18.4. The minimum absolute atomic E-state index is 0.0285. The third-order valence-electron chi connectivity index (χ3n) is 5.15. The Morgan fingerprint density at radius 1 is 0.968 bits per heavy atom. The predicted octanol–water partition coefficient (Wildman–Crippen LogP) is 6.13. The molecular formula is C24H27F3N2O2. The molecule has 0 bridgehead atoms. The summed E-state index contributed by atoms with van der Waals surface area (Å²) in [5.74, 6) is -0.916. The van der Waals surface area contributed by atoms with Gasteiger partial charge in [-0.3, -0.25) is 9.48 Å². The number of hydrogen-bond acceptors (Lipinski definition) is 3. The van der Waals surface area contributed by atoms with E-state index in [1.807, 2.05) is 36.4 Å². The molecule has 1 aromatic heterocycles. The number of esters is 1. The van der Waals surface area contributed by atoms with Crippen LogP contribution in [-0.4, -0.2) is 28.5 Å². The zero-order valence-electron chi connectivity index (χ0n) is 18.4. The number of fused-ring (bicyclic) bond motifs is 1. The molecule has 0 fully saturated rings. The summed E-state index contributed by atoms with van der Waals surface area (Å²) >= 11 is 0. The SMILES string of the molecule is CC(C)(Cn1nc(-c2ccc(C(C)(C)C)cc2)c2ccccc21)C(=O)OCC(F)(F)F. The molecule has 0 spiro atoms. The van der Waals surface area contributed by atoms with Gasteiger partial charge < -0.3 is 4.74 Å². The van der Waals surface area contributed by atoms with E-state index in [1.165, 1.54) is 5.56 Å². The summed E-state index contributed by atoms with van der Waals surface area (Å²) < 4.78 is 43.5. The summed E-state index contributed by atoms with van der Waals surface area (Å²) in [6, 6.07) is 15.8. The quantitative estimate of drug-likeness (QED) is 0.456. The predicted molar refractivity (Wildman–Crippen MR) is 115 cm³/mol. The molecule has 3 rings (SSSR count). The maximum absolute atomic E-state index is 12.4. The van der Waals surface area contributed by atoms with Gasteiger partial charge in [0.25, 0.3) is 0 Å². The van der Waals surface area contributed by atoms with Gasteiger partial charge in [-0.05, 0) is 30.9 Å². The van der Waals surface area contributed by atoms with Crippen LogP contribution in [0.5, 0.6) is 0 Å².